The average Bonchev–Trinajstić information content (AvgIpc) is 3.26. The van der Waals surface area contributed by atoms with Crippen LogP contribution in [0.3, 0.4) is 0 Å². The molecule has 2 atom stereocenters. The summed E-state index contributed by atoms with van der Waals surface area (Å²) in [5, 5.41) is 0. The lowest BCUT2D eigenvalue weighted by Crippen LogP contribution is -3.11. The van der Waals surface area contributed by atoms with E-state index in [0.717, 1.165) is 24.2 Å². The second kappa shape index (κ2) is 11.8. The number of aryl methyl sites for hydroxylation is 1. The summed E-state index contributed by atoms with van der Waals surface area (Å²) in [5.74, 6) is 0.295. The molecular formula is C27H32ClN5O2. The van der Waals surface area contributed by atoms with Gasteiger partial charge in [0, 0.05) is 32.1 Å². The van der Waals surface area contributed by atoms with Crippen LogP contribution < -0.4 is 28.6 Å². The first-order valence-corrected chi connectivity index (χ1v) is 11.6. The van der Waals surface area contributed by atoms with E-state index in [2.05, 4.69) is 60.5 Å². The Morgan fingerprint density at radius 3 is 2.31 bits per heavy atom. The van der Waals surface area contributed by atoms with Gasteiger partial charge in [-0.25, -0.2) is 9.78 Å². The lowest BCUT2D eigenvalue weighted by atomic mass is 10.1. The number of benzene rings is 2. The number of fused-ring (bicyclic) bond motifs is 1. The minimum atomic E-state index is -0.362. The van der Waals surface area contributed by atoms with Crippen LogP contribution in [0.15, 0.2) is 82.7 Å². The van der Waals surface area contributed by atoms with Gasteiger partial charge in [-0.15, -0.1) is 0 Å². The number of hydrogen-bond donors (Lipinski definition) is 1. The van der Waals surface area contributed by atoms with Crippen LogP contribution in [-0.2, 0) is 27.2 Å². The van der Waals surface area contributed by atoms with Crippen molar-refractivity contribution in [3.05, 3.63) is 105 Å². The number of imidazole rings is 1. The van der Waals surface area contributed by atoms with E-state index in [4.69, 9.17) is 0 Å². The smallest absolute Gasteiger partial charge is 0.332 e. The zero-order chi connectivity index (χ0) is 24.1. The van der Waals surface area contributed by atoms with Crippen LogP contribution >= 0.6 is 0 Å². The number of rotatable bonds is 9. The Kier molecular flexibility index (Phi) is 8.84. The number of aromatic nitrogens is 4. The molecule has 8 heteroatoms. The van der Waals surface area contributed by atoms with Gasteiger partial charge in [-0.3, -0.25) is 13.9 Å². The highest BCUT2D eigenvalue weighted by atomic mass is 35.5. The molecule has 0 aliphatic carbocycles. The van der Waals surface area contributed by atoms with E-state index in [0.29, 0.717) is 23.6 Å². The molecule has 2 aromatic heterocycles. The fourth-order valence-corrected chi connectivity index (χ4v) is 4.47. The van der Waals surface area contributed by atoms with Crippen LogP contribution in [0, 0.1) is 5.92 Å². The van der Waals surface area contributed by atoms with Gasteiger partial charge in [0.25, 0.3) is 5.56 Å². The van der Waals surface area contributed by atoms with Crippen molar-refractivity contribution >= 4 is 17.2 Å². The zero-order valence-corrected chi connectivity index (χ0v) is 21.2. The quantitative estimate of drug-likeness (QED) is 0.321. The van der Waals surface area contributed by atoms with Crippen molar-refractivity contribution in [1.82, 2.24) is 18.7 Å². The van der Waals surface area contributed by atoms with Crippen molar-refractivity contribution in [2.24, 2.45) is 20.0 Å². The Bertz CT molecular complexity index is 1390. The molecule has 0 saturated heterocycles. The second-order valence-electron chi connectivity index (χ2n) is 9.01. The van der Waals surface area contributed by atoms with Crippen molar-refractivity contribution in [2.45, 2.75) is 20.0 Å². The monoisotopic (exact) mass is 493 g/mol. The van der Waals surface area contributed by atoms with E-state index >= 15 is 0 Å². The van der Waals surface area contributed by atoms with Crippen molar-refractivity contribution in [3.63, 3.8) is 0 Å². The summed E-state index contributed by atoms with van der Waals surface area (Å²) in [6, 6.07) is 20.9. The van der Waals surface area contributed by atoms with Gasteiger partial charge >= 0.3 is 5.69 Å². The third-order valence-electron chi connectivity index (χ3n) is 6.18. The standard InChI is InChI=1S/C27H31N5O2.ClH/c1-21(18-32-20-28-25-24(32)26(33)30(3)27(34)29(25)2)17-31(19-23-13-8-5-9-14-23)16-10-15-22-11-6-4-7-12-22;/h4-15,20-21H,16-19H2,1-3H3;1H/b15-10+;. The Morgan fingerprint density at radius 2 is 1.63 bits per heavy atom. The molecule has 1 N–H and O–H groups in total. The molecule has 4 rings (SSSR count). The predicted molar refractivity (Wildman–Crippen MR) is 136 cm³/mol. The van der Waals surface area contributed by atoms with Crippen LogP contribution in [0.4, 0.5) is 0 Å². The highest BCUT2D eigenvalue weighted by molar-refractivity contribution is 5.69. The van der Waals surface area contributed by atoms with Crippen LogP contribution in [-0.4, -0.2) is 31.8 Å². The van der Waals surface area contributed by atoms with Crippen LogP contribution in [0.25, 0.3) is 17.2 Å². The number of hydrogen-bond acceptors (Lipinski definition) is 3. The molecule has 0 amide bonds. The van der Waals surface area contributed by atoms with Crippen LogP contribution in [0.2, 0.25) is 0 Å². The highest BCUT2D eigenvalue weighted by Gasteiger charge is 2.18. The molecule has 0 aliphatic heterocycles. The molecule has 184 valence electrons. The molecule has 0 bridgehead atoms. The van der Waals surface area contributed by atoms with Gasteiger partial charge in [0.15, 0.2) is 11.2 Å². The maximum atomic E-state index is 12.8. The fraction of sp³-hybridized carbons (Fsp3) is 0.296. The summed E-state index contributed by atoms with van der Waals surface area (Å²) in [5.41, 5.74) is 2.74. The van der Waals surface area contributed by atoms with Gasteiger partial charge in [-0.05, 0) is 11.6 Å². The Morgan fingerprint density at radius 1 is 0.971 bits per heavy atom. The summed E-state index contributed by atoms with van der Waals surface area (Å²) in [7, 11) is 3.16. The van der Waals surface area contributed by atoms with E-state index in [-0.39, 0.29) is 23.7 Å². The molecule has 2 unspecified atom stereocenters. The molecule has 0 fully saturated rings. The largest absolute Gasteiger partial charge is 1.00 e. The number of nitrogens with one attached hydrogen (secondary N) is 1. The molecule has 2 aromatic carbocycles. The maximum absolute atomic E-state index is 12.8. The van der Waals surface area contributed by atoms with Gasteiger partial charge in [0.05, 0.1) is 19.4 Å². The van der Waals surface area contributed by atoms with E-state index in [1.165, 1.54) is 27.6 Å². The number of nitrogens with zero attached hydrogens (tertiary/aromatic N) is 4. The Balaban J connectivity index is 0.00000342. The van der Waals surface area contributed by atoms with Crippen LogP contribution in [0.5, 0.6) is 0 Å². The first-order valence-electron chi connectivity index (χ1n) is 11.6. The lowest BCUT2D eigenvalue weighted by Gasteiger charge is -2.22. The molecule has 4 aromatic rings. The number of quaternary nitrogens is 1. The normalized spacial score (nSPS) is 13.1. The number of halogens is 1. The predicted octanol–water partition coefficient (Wildman–Crippen LogP) is -1.13. The first-order chi connectivity index (χ1) is 16.4. The molecule has 2 heterocycles. The van der Waals surface area contributed by atoms with Crippen molar-refractivity contribution in [1.29, 1.82) is 0 Å². The SMILES string of the molecule is CC(Cn1cnc2c1c(=O)n(C)c(=O)n2C)C[NH+](C/C=C/c1ccccc1)Cc1ccccc1.[Cl-]. The fourth-order valence-electron chi connectivity index (χ4n) is 4.47. The minimum Gasteiger partial charge on any atom is -1.00 e. The van der Waals surface area contributed by atoms with Gasteiger partial charge in [0.2, 0.25) is 0 Å². The van der Waals surface area contributed by atoms with Crippen molar-refractivity contribution < 1.29 is 17.3 Å². The van der Waals surface area contributed by atoms with Gasteiger partial charge in [-0.1, -0.05) is 73.7 Å². The summed E-state index contributed by atoms with van der Waals surface area (Å²) in [6.07, 6.45) is 6.08. The van der Waals surface area contributed by atoms with Gasteiger partial charge in [0.1, 0.15) is 6.54 Å². The molecule has 0 saturated carbocycles. The second-order valence-corrected chi connectivity index (χ2v) is 9.01. The zero-order valence-electron chi connectivity index (χ0n) is 20.4. The Labute approximate surface area is 211 Å². The van der Waals surface area contributed by atoms with E-state index in [1.54, 1.807) is 13.4 Å². The maximum Gasteiger partial charge on any atom is 0.332 e. The molecule has 0 aliphatic rings. The van der Waals surface area contributed by atoms with Crippen LogP contribution in [0.1, 0.15) is 18.1 Å². The van der Waals surface area contributed by atoms with E-state index in [9.17, 15) is 9.59 Å². The Hall–Kier alpha value is -3.42. The summed E-state index contributed by atoms with van der Waals surface area (Å²) >= 11 is 0. The minimum absolute atomic E-state index is 0. The third-order valence-corrected chi connectivity index (χ3v) is 6.18. The van der Waals surface area contributed by atoms with Gasteiger partial charge < -0.3 is 21.9 Å². The molecule has 35 heavy (non-hydrogen) atoms. The molecule has 7 nitrogen and oxygen atoms in total. The first kappa shape index (κ1) is 26.2. The summed E-state index contributed by atoms with van der Waals surface area (Å²) < 4.78 is 4.47. The van der Waals surface area contributed by atoms with E-state index < -0.39 is 0 Å². The summed E-state index contributed by atoms with van der Waals surface area (Å²) in [6.45, 7) is 5.61. The third kappa shape index (κ3) is 6.18. The molecule has 0 radical (unpaired) electrons. The van der Waals surface area contributed by atoms with Gasteiger partial charge in [-0.2, -0.15) is 0 Å². The summed E-state index contributed by atoms with van der Waals surface area (Å²) in [4.78, 5) is 30.8. The average molecular weight is 494 g/mol. The highest BCUT2D eigenvalue weighted by Crippen LogP contribution is 2.08. The topological polar surface area (TPSA) is 66.3 Å². The molecular weight excluding hydrogens is 462 g/mol. The lowest BCUT2D eigenvalue weighted by molar-refractivity contribution is -0.911. The van der Waals surface area contributed by atoms with Crippen molar-refractivity contribution in [2.75, 3.05) is 13.1 Å². The molecule has 0 spiro atoms. The van der Waals surface area contributed by atoms with Crippen molar-refractivity contribution in [3.8, 4) is 0 Å². The van der Waals surface area contributed by atoms with E-state index in [1.807, 2.05) is 28.8 Å².